The molecule has 4 rings (SSSR count). The molecule has 2 aliphatic carbocycles. The molecule has 0 unspecified atom stereocenters. The smallest absolute Gasteiger partial charge is 0.00994 e. The molecule has 2 aliphatic rings. The zero-order valence-corrected chi connectivity index (χ0v) is 14.6. The van der Waals surface area contributed by atoms with E-state index in [-0.39, 0.29) is 0 Å². The molecule has 2 aromatic carbocycles. The van der Waals surface area contributed by atoms with Gasteiger partial charge >= 0.3 is 0 Å². The highest BCUT2D eigenvalue weighted by Crippen LogP contribution is 2.26. The topological polar surface area (TPSA) is 0 Å². The predicted molar refractivity (Wildman–Crippen MR) is 104 cm³/mol. The lowest BCUT2D eigenvalue weighted by Crippen LogP contribution is -2.22. The van der Waals surface area contributed by atoms with Crippen LogP contribution in [0.5, 0.6) is 0 Å². The van der Waals surface area contributed by atoms with E-state index < -0.39 is 0 Å². The fourth-order valence-corrected chi connectivity index (χ4v) is 4.09. The van der Waals surface area contributed by atoms with Crippen molar-refractivity contribution < 1.29 is 0 Å². The van der Waals surface area contributed by atoms with Crippen molar-refractivity contribution in [3.63, 3.8) is 0 Å². The Bertz CT molecular complexity index is 857. The number of allylic oxidation sites excluding steroid dienone is 2. The second kappa shape index (κ2) is 6.81. The maximum atomic E-state index is 2.53. The summed E-state index contributed by atoms with van der Waals surface area (Å²) in [5.41, 5.74) is 5.40. The first kappa shape index (κ1) is 15.4. The minimum absolute atomic E-state index is 0.770. The van der Waals surface area contributed by atoms with Gasteiger partial charge in [-0.2, -0.15) is 0 Å². The van der Waals surface area contributed by atoms with Gasteiger partial charge in [0.25, 0.3) is 0 Å². The molecule has 0 saturated heterocycles. The van der Waals surface area contributed by atoms with Gasteiger partial charge in [0.2, 0.25) is 0 Å². The van der Waals surface area contributed by atoms with Gasteiger partial charge in [0, 0.05) is 0 Å². The Morgan fingerprint density at radius 1 is 0.833 bits per heavy atom. The van der Waals surface area contributed by atoms with Gasteiger partial charge < -0.3 is 0 Å². The highest BCUT2D eigenvalue weighted by Gasteiger charge is 2.12. The molecule has 0 atom stereocenters. The van der Waals surface area contributed by atoms with E-state index in [4.69, 9.17) is 0 Å². The third-order valence-corrected chi connectivity index (χ3v) is 5.46. The Morgan fingerprint density at radius 2 is 1.58 bits per heavy atom. The van der Waals surface area contributed by atoms with E-state index in [0.717, 1.165) is 5.92 Å². The molecule has 0 radical (unpaired) electrons. The lowest BCUT2D eigenvalue weighted by molar-refractivity contribution is 0.558. The van der Waals surface area contributed by atoms with Crippen molar-refractivity contribution in [2.45, 2.75) is 45.4 Å². The van der Waals surface area contributed by atoms with E-state index in [1.54, 1.807) is 0 Å². The molecule has 0 N–H and O–H groups in total. The van der Waals surface area contributed by atoms with Crippen molar-refractivity contribution in [2.75, 3.05) is 0 Å². The number of fused-ring (bicyclic) bond motifs is 1. The zero-order chi connectivity index (χ0) is 16.4. The Balaban J connectivity index is 1.71. The second-order valence-corrected chi connectivity index (χ2v) is 7.38. The molecule has 0 nitrogen and oxygen atoms in total. The molecule has 0 bridgehead atoms. The Hall–Kier alpha value is -2.08. The first-order valence-electron chi connectivity index (χ1n) is 9.41. The van der Waals surface area contributed by atoms with Crippen LogP contribution in [0.25, 0.3) is 23.3 Å². The Morgan fingerprint density at radius 3 is 2.33 bits per heavy atom. The van der Waals surface area contributed by atoms with Crippen LogP contribution in [0.4, 0.5) is 0 Å². The quantitative estimate of drug-likeness (QED) is 0.674. The third-order valence-electron chi connectivity index (χ3n) is 5.46. The number of rotatable bonds is 2. The summed E-state index contributed by atoms with van der Waals surface area (Å²) in [6.45, 7) is 2.15. The zero-order valence-electron chi connectivity index (χ0n) is 14.6. The van der Waals surface area contributed by atoms with Gasteiger partial charge in [0.1, 0.15) is 0 Å². The highest BCUT2D eigenvalue weighted by molar-refractivity contribution is 5.77. The SMILES string of the molecule is Cc1ccc(-c2cccc3c2=CC(=CC2CCCCCC2)C=3)cc1. The van der Waals surface area contributed by atoms with Crippen LogP contribution in [0, 0.1) is 12.8 Å². The molecule has 24 heavy (non-hydrogen) atoms. The van der Waals surface area contributed by atoms with Crippen LogP contribution in [0.1, 0.15) is 44.1 Å². The van der Waals surface area contributed by atoms with Gasteiger partial charge in [-0.05, 0) is 65.0 Å². The van der Waals surface area contributed by atoms with Crippen LogP contribution in [0.15, 0.2) is 54.1 Å². The molecule has 0 aromatic heterocycles. The largest absolute Gasteiger partial charge is 0.0741 e. The average Bonchev–Trinajstić information content (AvgIpc) is 2.83. The molecule has 0 amide bonds. The van der Waals surface area contributed by atoms with E-state index in [9.17, 15) is 0 Å². The van der Waals surface area contributed by atoms with Crippen LogP contribution in [-0.4, -0.2) is 0 Å². The molecule has 0 heteroatoms. The summed E-state index contributed by atoms with van der Waals surface area (Å²) in [6, 6.07) is 15.6. The predicted octanol–water partition coefficient (Wildman–Crippen LogP) is 5.13. The average molecular weight is 314 g/mol. The molecule has 2 aromatic rings. The number of benzene rings is 2. The van der Waals surface area contributed by atoms with E-state index >= 15 is 0 Å². The maximum Gasteiger partial charge on any atom is -0.00994 e. The molecule has 1 saturated carbocycles. The molecule has 0 heterocycles. The number of aryl methyl sites for hydroxylation is 1. The minimum Gasteiger partial charge on any atom is -0.0741 e. The molecule has 0 aliphatic heterocycles. The van der Waals surface area contributed by atoms with Crippen LogP contribution in [0.2, 0.25) is 0 Å². The third kappa shape index (κ3) is 3.24. The van der Waals surface area contributed by atoms with Gasteiger partial charge in [-0.1, -0.05) is 79.8 Å². The first-order valence-corrected chi connectivity index (χ1v) is 9.41. The van der Waals surface area contributed by atoms with Crippen molar-refractivity contribution in [1.29, 1.82) is 0 Å². The van der Waals surface area contributed by atoms with Gasteiger partial charge in [-0.3, -0.25) is 0 Å². The molecule has 0 spiro atoms. The fraction of sp³-hybridized carbons (Fsp3) is 0.333. The maximum absolute atomic E-state index is 2.53. The summed E-state index contributed by atoms with van der Waals surface area (Å²) in [7, 11) is 0. The Kier molecular flexibility index (Phi) is 4.38. The van der Waals surface area contributed by atoms with Crippen molar-refractivity contribution in [1.82, 2.24) is 0 Å². The lowest BCUT2D eigenvalue weighted by atomic mass is 9.97. The summed E-state index contributed by atoms with van der Waals surface area (Å²) < 4.78 is 0. The Labute approximate surface area is 145 Å². The minimum atomic E-state index is 0.770. The first-order chi connectivity index (χ1) is 11.8. The monoisotopic (exact) mass is 314 g/mol. The molecular formula is C24H26. The van der Waals surface area contributed by atoms with Gasteiger partial charge in [-0.15, -0.1) is 0 Å². The van der Waals surface area contributed by atoms with Crippen LogP contribution < -0.4 is 10.4 Å². The summed E-state index contributed by atoms with van der Waals surface area (Å²) in [5.74, 6) is 0.770. The fourth-order valence-electron chi connectivity index (χ4n) is 4.09. The van der Waals surface area contributed by atoms with E-state index in [0.29, 0.717) is 0 Å². The van der Waals surface area contributed by atoms with Crippen molar-refractivity contribution in [3.05, 3.63) is 70.1 Å². The summed E-state index contributed by atoms with van der Waals surface area (Å²) >= 11 is 0. The van der Waals surface area contributed by atoms with Gasteiger partial charge in [0.15, 0.2) is 0 Å². The van der Waals surface area contributed by atoms with Crippen molar-refractivity contribution >= 4 is 12.2 Å². The molecular weight excluding hydrogens is 288 g/mol. The van der Waals surface area contributed by atoms with Crippen LogP contribution in [0.3, 0.4) is 0 Å². The number of hydrogen-bond acceptors (Lipinski definition) is 0. The molecule has 1 fully saturated rings. The van der Waals surface area contributed by atoms with Crippen LogP contribution >= 0.6 is 0 Å². The van der Waals surface area contributed by atoms with Crippen LogP contribution in [-0.2, 0) is 0 Å². The second-order valence-electron chi connectivity index (χ2n) is 7.38. The summed E-state index contributed by atoms with van der Waals surface area (Å²) in [5, 5.41) is 2.76. The van der Waals surface area contributed by atoms with Crippen molar-refractivity contribution in [3.8, 4) is 11.1 Å². The highest BCUT2D eigenvalue weighted by atomic mass is 14.2. The van der Waals surface area contributed by atoms with E-state index in [2.05, 4.69) is 67.6 Å². The normalized spacial score (nSPS) is 19.5. The van der Waals surface area contributed by atoms with Crippen molar-refractivity contribution in [2.24, 2.45) is 5.92 Å². The van der Waals surface area contributed by atoms with Gasteiger partial charge in [0.05, 0.1) is 0 Å². The number of hydrogen-bond donors (Lipinski definition) is 0. The molecule has 122 valence electrons. The van der Waals surface area contributed by atoms with E-state index in [1.807, 2.05) is 0 Å². The van der Waals surface area contributed by atoms with E-state index in [1.165, 1.54) is 71.2 Å². The lowest BCUT2D eigenvalue weighted by Gasteiger charge is -2.08. The summed E-state index contributed by atoms with van der Waals surface area (Å²) in [4.78, 5) is 0. The summed E-state index contributed by atoms with van der Waals surface area (Å²) in [6.07, 6.45) is 15.7. The van der Waals surface area contributed by atoms with Gasteiger partial charge in [-0.25, -0.2) is 0 Å². The standard InChI is InChI=1S/C24H26/c1-18-11-13-21(14-12-18)23-10-6-9-22-16-20(17-24(22)23)15-19-7-4-2-3-5-8-19/h6,9-17,19H,2-5,7-8H2,1H3.